The van der Waals surface area contributed by atoms with E-state index in [9.17, 15) is 4.79 Å². The molecule has 96 valence electrons. The van der Waals surface area contributed by atoms with Crippen LogP contribution in [0.5, 0.6) is 0 Å². The Morgan fingerprint density at radius 2 is 2.06 bits per heavy atom. The quantitative estimate of drug-likeness (QED) is 0.558. The van der Waals surface area contributed by atoms with Crippen LogP contribution in [0.25, 0.3) is 0 Å². The summed E-state index contributed by atoms with van der Waals surface area (Å²) in [6.45, 7) is 4.76. The Labute approximate surface area is 105 Å². The summed E-state index contributed by atoms with van der Waals surface area (Å²) < 4.78 is 5.18. The molecule has 0 aromatic carbocycles. The van der Waals surface area contributed by atoms with E-state index in [1.807, 2.05) is 0 Å². The number of esters is 1. The summed E-state index contributed by atoms with van der Waals surface area (Å²) in [6.07, 6.45) is 6.29. The van der Waals surface area contributed by atoms with Gasteiger partial charge in [-0.3, -0.25) is 4.79 Å². The first-order valence-electron chi connectivity index (χ1n) is 6.11. The van der Waals surface area contributed by atoms with Crippen molar-refractivity contribution in [1.82, 2.24) is 0 Å². The van der Waals surface area contributed by atoms with Gasteiger partial charge in [-0.1, -0.05) is 39.5 Å². The number of halogens is 1. The van der Waals surface area contributed by atoms with Crippen LogP contribution in [0.2, 0.25) is 0 Å². The van der Waals surface area contributed by atoms with Gasteiger partial charge in [-0.15, -0.1) is 12.4 Å². The van der Waals surface area contributed by atoms with E-state index >= 15 is 0 Å². The molecule has 1 saturated carbocycles. The minimum atomic E-state index is -0.639. The number of unbranched alkanes of at least 4 members (excludes halogenated alkanes) is 3. The molecule has 0 unspecified atom stereocenters. The second-order valence-electron chi connectivity index (χ2n) is 4.55. The van der Waals surface area contributed by atoms with E-state index in [2.05, 4.69) is 13.8 Å². The highest BCUT2D eigenvalue weighted by atomic mass is 35.5. The van der Waals surface area contributed by atoms with Gasteiger partial charge in [0.15, 0.2) is 0 Å². The summed E-state index contributed by atoms with van der Waals surface area (Å²) >= 11 is 0. The number of rotatable bonds is 7. The highest BCUT2D eigenvalue weighted by Crippen LogP contribution is 2.44. The van der Waals surface area contributed by atoms with Crippen LogP contribution in [0.3, 0.4) is 0 Å². The molecule has 1 rings (SSSR count). The summed E-state index contributed by atoms with van der Waals surface area (Å²) in [4.78, 5) is 11.6. The molecule has 1 aliphatic rings. The standard InChI is InChI=1S/C12H23NO2.ClH/c1-3-5-6-7-8-15-11(14)12(13)9-10(12)4-2;/h10H,3-9,13H2,1-2H3;1H/t10-,12-;/m1./s1. The van der Waals surface area contributed by atoms with Crippen molar-refractivity contribution in [3.63, 3.8) is 0 Å². The summed E-state index contributed by atoms with van der Waals surface area (Å²) in [5.41, 5.74) is 5.27. The Morgan fingerprint density at radius 3 is 2.56 bits per heavy atom. The lowest BCUT2D eigenvalue weighted by Gasteiger charge is -2.10. The van der Waals surface area contributed by atoms with Gasteiger partial charge in [-0.25, -0.2) is 0 Å². The Hall–Kier alpha value is -0.280. The first-order valence-corrected chi connectivity index (χ1v) is 6.11. The number of nitrogens with two attached hydrogens (primary N) is 1. The molecule has 16 heavy (non-hydrogen) atoms. The number of carbonyl (C=O) groups is 1. The molecular weight excluding hydrogens is 226 g/mol. The highest BCUT2D eigenvalue weighted by Gasteiger charge is 2.57. The van der Waals surface area contributed by atoms with Crippen molar-refractivity contribution in [3.8, 4) is 0 Å². The van der Waals surface area contributed by atoms with Crippen LogP contribution in [0.15, 0.2) is 0 Å². The smallest absolute Gasteiger partial charge is 0.326 e. The molecule has 0 radical (unpaired) electrons. The van der Waals surface area contributed by atoms with Gasteiger partial charge in [-0.2, -0.15) is 0 Å². The minimum Gasteiger partial charge on any atom is -0.464 e. The first kappa shape index (κ1) is 15.7. The van der Waals surface area contributed by atoms with E-state index in [0.29, 0.717) is 12.5 Å². The number of carbonyl (C=O) groups excluding carboxylic acids is 1. The van der Waals surface area contributed by atoms with Crippen LogP contribution < -0.4 is 5.73 Å². The fourth-order valence-corrected chi connectivity index (χ4v) is 1.94. The van der Waals surface area contributed by atoms with Crippen LogP contribution in [0, 0.1) is 5.92 Å². The third kappa shape index (κ3) is 3.95. The summed E-state index contributed by atoms with van der Waals surface area (Å²) in [5.74, 6) is 0.159. The molecule has 1 aliphatic carbocycles. The van der Waals surface area contributed by atoms with E-state index < -0.39 is 5.54 Å². The second-order valence-corrected chi connectivity index (χ2v) is 4.55. The molecule has 4 heteroatoms. The average molecular weight is 250 g/mol. The van der Waals surface area contributed by atoms with Gasteiger partial charge in [0.1, 0.15) is 5.54 Å². The SMILES string of the molecule is CCCCCCOC(=O)[C@@]1(N)C[C@H]1CC.Cl. The first-order chi connectivity index (χ1) is 7.15. The van der Waals surface area contributed by atoms with Gasteiger partial charge in [0, 0.05) is 0 Å². The Kier molecular flexibility index (Phi) is 7.00. The predicted molar refractivity (Wildman–Crippen MR) is 67.7 cm³/mol. The van der Waals surface area contributed by atoms with Crippen molar-refractivity contribution in [1.29, 1.82) is 0 Å². The minimum absolute atomic E-state index is 0. The molecule has 0 amide bonds. The zero-order valence-electron chi connectivity index (χ0n) is 10.3. The normalized spacial score (nSPS) is 27.1. The van der Waals surface area contributed by atoms with E-state index in [0.717, 1.165) is 25.7 Å². The van der Waals surface area contributed by atoms with Crippen LogP contribution in [-0.4, -0.2) is 18.1 Å². The third-order valence-corrected chi connectivity index (χ3v) is 3.26. The van der Waals surface area contributed by atoms with Gasteiger partial charge >= 0.3 is 5.97 Å². The van der Waals surface area contributed by atoms with Gasteiger partial charge in [-0.05, 0) is 18.8 Å². The molecule has 0 spiro atoms. The molecule has 0 aliphatic heterocycles. The van der Waals surface area contributed by atoms with Crippen LogP contribution in [-0.2, 0) is 9.53 Å². The predicted octanol–water partition coefficient (Wildman–Crippen LogP) is 2.66. The van der Waals surface area contributed by atoms with Crippen molar-refractivity contribution in [2.45, 2.75) is 57.9 Å². The van der Waals surface area contributed by atoms with Gasteiger partial charge < -0.3 is 10.5 Å². The average Bonchev–Trinajstić information content (AvgIpc) is 2.91. The van der Waals surface area contributed by atoms with Gasteiger partial charge in [0.2, 0.25) is 0 Å². The van der Waals surface area contributed by atoms with Crippen molar-refractivity contribution in [2.75, 3.05) is 6.61 Å². The zero-order valence-corrected chi connectivity index (χ0v) is 11.1. The fourth-order valence-electron chi connectivity index (χ4n) is 1.94. The Morgan fingerprint density at radius 1 is 1.38 bits per heavy atom. The zero-order chi connectivity index (χ0) is 11.3. The number of ether oxygens (including phenoxy) is 1. The molecule has 2 N–H and O–H groups in total. The number of hydrogen-bond donors (Lipinski definition) is 1. The van der Waals surface area contributed by atoms with Crippen molar-refractivity contribution in [3.05, 3.63) is 0 Å². The summed E-state index contributed by atoms with van der Waals surface area (Å²) in [7, 11) is 0. The monoisotopic (exact) mass is 249 g/mol. The lowest BCUT2D eigenvalue weighted by atomic mass is 10.2. The number of hydrogen-bond acceptors (Lipinski definition) is 3. The fraction of sp³-hybridized carbons (Fsp3) is 0.917. The molecular formula is C12H24ClNO2. The maximum atomic E-state index is 11.6. The van der Waals surface area contributed by atoms with Crippen molar-refractivity contribution in [2.24, 2.45) is 11.7 Å². The van der Waals surface area contributed by atoms with E-state index in [1.54, 1.807) is 0 Å². The topological polar surface area (TPSA) is 52.3 Å². The van der Waals surface area contributed by atoms with Crippen LogP contribution in [0.4, 0.5) is 0 Å². The highest BCUT2D eigenvalue weighted by molar-refractivity contribution is 5.85. The maximum absolute atomic E-state index is 11.6. The molecule has 0 aromatic rings. The maximum Gasteiger partial charge on any atom is 0.326 e. The van der Waals surface area contributed by atoms with Crippen LogP contribution in [0.1, 0.15) is 52.4 Å². The molecule has 3 nitrogen and oxygen atoms in total. The summed E-state index contributed by atoms with van der Waals surface area (Å²) in [6, 6.07) is 0. The van der Waals surface area contributed by atoms with E-state index in [1.165, 1.54) is 12.8 Å². The third-order valence-electron chi connectivity index (χ3n) is 3.26. The van der Waals surface area contributed by atoms with Gasteiger partial charge in [0.05, 0.1) is 6.61 Å². The van der Waals surface area contributed by atoms with E-state index in [-0.39, 0.29) is 18.4 Å². The molecule has 0 saturated heterocycles. The molecule has 2 atom stereocenters. The van der Waals surface area contributed by atoms with Crippen molar-refractivity contribution >= 4 is 18.4 Å². The van der Waals surface area contributed by atoms with E-state index in [4.69, 9.17) is 10.5 Å². The van der Waals surface area contributed by atoms with Crippen molar-refractivity contribution < 1.29 is 9.53 Å². The second kappa shape index (κ2) is 7.13. The largest absolute Gasteiger partial charge is 0.464 e. The molecule has 0 aromatic heterocycles. The summed E-state index contributed by atoms with van der Waals surface area (Å²) in [5, 5.41) is 0. The van der Waals surface area contributed by atoms with Gasteiger partial charge in [0.25, 0.3) is 0 Å². The Balaban J connectivity index is 0.00000225. The molecule has 1 fully saturated rings. The lowest BCUT2D eigenvalue weighted by molar-refractivity contribution is -0.147. The molecule has 0 heterocycles. The Bertz CT molecular complexity index is 223. The van der Waals surface area contributed by atoms with Crippen LogP contribution >= 0.6 is 12.4 Å². The molecule has 0 bridgehead atoms. The lowest BCUT2D eigenvalue weighted by Crippen LogP contribution is -2.37.